The minimum atomic E-state index is -1.20. The molecule has 0 bridgehead atoms. The van der Waals surface area contributed by atoms with Crippen LogP contribution in [0.25, 0.3) is 0 Å². The predicted molar refractivity (Wildman–Crippen MR) is 58.5 cm³/mol. The van der Waals surface area contributed by atoms with Crippen LogP contribution in [0.15, 0.2) is 11.6 Å². The fraction of sp³-hybridized carbons (Fsp3) is 0.545. The zero-order chi connectivity index (χ0) is 13.2. The number of carbonyl (C=O) groups excluding carboxylic acids is 2. The fourth-order valence-electron chi connectivity index (χ4n) is 1.32. The molecule has 1 aliphatic rings. The number of rotatable bonds is 1. The Labute approximate surface area is 98.8 Å². The predicted octanol–water partition coefficient (Wildman–Crippen LogP) is 0.817. The minimum absolute atomic E-state index is 0.105. The highest BCUT2D eigenvalue weighted by Crippen LogP contribution is 2.14. The van der Waals surface area contributed by atoms with Gasteiger partial charge in [0, 0.05) is 0 Å². The van der Waals surface area contributed by atoms with Crippen LogP contribution in [-0.2, 0) is 14.3 Å². The van der Waals surface area contributed by atoms with Crippen LogP contribution in [0.5, 0.6) is 0 Å². The molecule has 0 spiro atoms. The molecular formula is C11H15NO5. The number of carboxylic acids is 1. The summed E-state index contributed by atoms with van der Waals surface area (Å²) < 4.78 is 5.07. The van der Waals surface area contributed by atoms with E-state index in [0.717, 1.165) is 11.0 Å². The first-order chi connectivity index (χ1) is 7.69. The van der Waals surface area contributed by atoms with E-state index in [-0.39, 0.29) is 18.7 Å². The lowest BCUT2D eigenvalue weighted by molar-refractivity contribution is -0.133. The maximum atomic E-state index is 11.7. The third kappa shape index (κ3) is 3.90. The molecule has 0 fully saturated rings. The van der Waals surface area contributed by atoms with E-state index in [4.69, 9.17) is 9.84 Å². The third-order valence-electron chi connectivity index (χ3n) is 1.97. The molecule has 1 aliphatic heterocycles. The van der Waals surface area contributed by atoms with Crippen LogP contribution in [-0.4, -0.2) is 46.5 Å². The number of ether oxygens (including phenoxy) is 1. The number of aliphatic carboxylic acids is 1. The lowest BCUT2D eigenvalue weighted by atomic mass is 10.1. The number of carbonyl (C=O) groups is 3. The Balaban J connectivity index is 2.75. The second kappa shape index (κ2) is 4.57. The highest BCUT2D eigenvalue weighted by atomic mass is 16.6. The molecule has 0 aromatic carbocycles. The van der Waals surface area contributed by atoms with Crippen molar-refractivity contribution in [3.05, 3.63) is 11.6 Å². The first-order valence-electron chi connectivity index (χ1n) is 5.13. The first-order valence-corrected chi connectivity index (χ1v) is 5.13. The van der Waals surface area contributed by atoms with Crippen LogP contribution >= 0.6 is 0 Å². The van der Waals surface area contributed by atoms with E-state index in [1.807, 2.05) is 0 Å². The summed E-state index contributed by atoms with van der Waals surface area (Å²) >= 11 is 0. The number of hydrogen-bond acceptors (Lipinski definition) is 4. The van der Waals surface area contributed by atoms with Crippen molar-refractivity contribution in [1.82, 2.24) is 4.90 Å². The van der Waals surface area contributed by atoms with Crippen LogP contribution < -0.4 is 0 Å². The monoisotopic (exact) mass is 241 g/mol. The van der Waals surface area contributed by atoms with Gasteiger partial charge in [0.25, 0.3) is 0 Å². The lowest BCUT2D eigenvalue weighted by Crippen LogP contribution is -2.43. The van der Waals surface area contributed by atoms with Gasteiger partial charge in [-0.05, 0) is 26.8 Å². The molecule has 94 valence electrons. The molecule has 1 rings (SSSR count). The Kier molecular flexibility index (Phi) is 3.55. The van der Waals surface area contributed by atoms with Gasteiger partial charge < -0.3 is 9.84 Å². The normalized spacial score (nSPS) is 16.5. The van der Waals surface area contributed by atoms with Gasteiger partial charge in [0.05, 0.1) is 18.7 Å². The molecule has 17 heavy (non-hydrogen) atoms. The van der Waals surface area contributed by atoms with Crippen LogP contribution in [0.2, 0.25) is 0 Å². The van der Waals surface area contributed by atoms with E-state index in [2.05, 4.69) is 0 Å². The second-order valence-electron chi connectivity index (χ2n) is 4.78. The van der Waals surface area contributed by atoms with Gasteiger partial charge in [0.15, 0.2) is 5.78 Å². The van der Waals surface area contributed by atoms with Crippen molar-refractivity contribution in [1.29, 1.82) is 0 Å². The van der Waals surface area contributed by atoms with Gasteiger partial charge in [0.2, 0.25) is 0 Å². The molecule has 0 radical (unpaired) electrons. The standard InChI is InChI=1S/C11H15NO5/c1-11(2,3)17-10(16)12-5-7(9(14)15)4-8(13)6-12/h4H,5-6H2,1-3H3,(H,14,15). The van der Waals surface area contributed by atoms with E-state index in [1.165, 1.54) is 0 Å². The molecule has 0 saturated carbocycles. The van der Waals surface area contributed by atoms with Gasteiger partial charge in [-0.1, -0.05) is 0 Å². The van der Waals surface area contributed by atoms with Crippen molar-refractivity contribution in [3.63, 3.8) is 0 Å². The fourth-order valence-corrected chi connectivity index (χ4v) is 1.32. The first kappa shape index (κ1) is 13.2. The smallest absolute Gasteiger partial charge is 0.411 e. The largest absolute Gasteiger partial charge is 0.478 e. The van der Waals surface area contributed by atoms with Gasteiger partial charge in [-0.3, -0.25) is 9.69 Å². The van der Waals surface area contributed by atoms with Crippen molar-refractivity contribution in [3.8, 4) is 0 Å². The van der Waals surface area contributed by atoms with E-state index in [1.54, 1.807) is 20.8 Å². The van der Waals surface area contributed by atoms with E-state index in [9.17, 15) is 14.4 Å². The summed E-state index contributed by atoms with van der Waals surface area (Å²) in [5, 5.41) is 8.79. The number of carboxylic acid groups (broad SMARTS) is 1. The maximum absolute atomic E-state index is 11.7. The van der Waals surface area contributed by atoms with Crippen LogP contribution in [0.3, 0.4) is 0 Å². The SMILES string of the molecule is CC(C)(C)OC(=O)N1CC(=O)C=C(C(=O)O)C1. The molecule has 0 saturated heterocycles. The van der Waals surface area contributed by atoms with Gasteiger partial charge in [-0.15, -0.1) is 0 Å². The van der Waals surface area contributed by atoms with E-state index >= 15 is 0 Å². The van der Waals surface area contributed by atoms with Crippen molar-refractivity contribution < 1.29 is 24.2 Å². The Morgan fingerprint density at radius 2 is 1.94 bits per heavy atom. The third-order valence-corrected chi connectivity index (χ3v) is 1.97. The maximum Gasteiger partial charge on any atom is 0.411 e. The number of hydrogen-bond donors (Lipinski definition) is 1. The van der Waals surface area contributed by atoms with Gasteiger partial charge in [0.1, 0.15) is 5.60 Å². The Morgan fingerprint density at radius 3 is 2.41 bits per heavy atom. The van der Waals surface area contributed by atoms with Crippen LogP contribution in [0, 0.1) is 0 Å². The summed E-state index contributed by atoms with van der Waals surface area (Å²) in [6.07, 6.45) is 0.362. The molecule has 1 N–H and O–H groups in total. The van der Waals surface area contributed by atoms with Crippen molar-refractivity contribution in [2.24, 2.45) is 0 Å². The molecule has 0 aliphatic carbocycles. The molecule has 1 heterocycles. The number of amides is 1. The molecule has 0 aromatic heterocycles. The average molecular weight is 241 g/mol. The lowest BCUT2D eigenvalue weighted by Gasteiger charge is -2.28. The Morgan fingerprint density at radius 1 is 1.35 bits per heavy atom. The Bertz CT molecular complexity index is 391. The Hall–Kier alpha value is -1.85. The topological polar surface area (TPSA) is 83.9 Å². The summed E-state index contributed by atoms with van der Waals surface area (Å²) in [6.45, 7) is 4.83. The molecule has 6 heteroatoms. The highest BCUT2D eigenvalue weighted by molar-refractivity contribution is 6.02. The van der Waals surface area contributed by atoms with Crippen LogP contribution in [0.1, 0.15) is 20.8 Å². The number of ketones is 1. The summed E-state index contributed by atoms with van der Waals surface area (Å²) in [4.78, 5) is 34.8. The van der Waals surface area contributed by atoms with Gasteiger partial charge in [-0.2, -0.15) is 0 Å². The average Bonchev–Trinajstić information content (AvgIpc) is 2.13. The molecular weight excluding hydrogens is 226 g/mol. The van der Waals surface area contributed by atoms with Gasteiger partial charge in [-0.25, -0.2) is 9.59 Å². The van der Waals surface area contributed by atoms with Crippen molar-refractivity contribution >= 4 is 17.8 Å². The summed E-state index contributed by atoms with van der Waals surface area (Å²) in [5.74, 6) is -1.62. The van der Waals surface area contributed by atoms with E-state index < -0.39 is 23.4 Å². The molecule has 1 amide bonds. The molecule has 6 nitrogen and oxygen atoms in total. The zero-order valence-electron chi connectivity index (χ0n) is 10.0. The summed E-state index contributed by atoms with van der Waals surface area (Å²) in [5.41, 5.74) is -0.780. The molecule has 0 unspecified atom stereocenters. The number of nitrogens with zero attached hydrogens (tertiary/aromatic N) is 1. The van der Waals surface area contributed by atoms with E-state index in [0.29, 0.717) is 0 Å². The quantitative estimate of drug-likeness (QED) is 0.734. The van der Waals surface area contributed by atoms with Crippen molar-refractivity contribution in [2.75, 3.05) is 13.1 Å². The van der Waals surface area contributed by atoms with Gasteiger partial charge >= 0.3 is 12.1 Å². The summed E-state index contributed by atoms with van der Waals surface area (Å²) in [6, 6.07) is 0. The summed E-state index contributed by atoms with van der Waals surface area (Å²) in [7, 11) is 0. The second-order valence-corrected chi connectivity index (χ2v) is 4.78. The molecule has 0 aromatic rings. The van der Waals surface area contributed by atoms with Crippen LogP contribution in [0.4, 0.5) is 4.79 Å². The molecule has 0 atom stereocenters. The highest BCUT2D eigenvalue weighted by Gasteiger charge is 2.29. The minimum Gasteiger partial charge on any atom is -0.478 e. The zero-order valence-corrected chi connectivity index (χ0v) is 10.0. The van der Waals surface area contributed by atoms with Crippen molar-refractivity contribution in [2.45, 2.75) is 26.4 Å².